The molecule has 0 unspecified atom stereocenters. The fourth-order valence-electron chi connectivity index (χ4n) is 3.40. The third kappa shape index (κ3) is 5.19. The van der Waals surface area contributed by atoms with Gasteiger partial charge in [-0.05, 0) is 37.1 Å². The average Bonchev–Trinajstić information content (AvgIpc) is 2.79. The van der Waals surface area contributed by atoms with E-state index in [0.717, 1.165) is 0 Å². The van der Waals surface area contributed by atoms with Gasteiger partial charge in [-0.15, -0.1) is 0 Å². The Hall–Kier alpha value is -3.31. The van der Waals surface area contributed by atoms with Crippen molar-refractivity contribution in [1.82, 2.24) is 0 Å². The van der Waals surface area contributed by atoms with Crippen molar-refractivity contribution in [3.8, 4) is 22.6 Å². The van der Waals surface area contributed by atoms with Crippen molar-refractivity contribution in [1.29, 1.82) is 0 Å². The van der Waals surface area contributed by atoms with Crippen LogP contribution in [-0.4, -0.2) is 26.2 Å². The summed E-state index contributed by atoms with van der Waals surface area (Å²) in [6, 6.07) is 24.0. The molecule has 0 aliphatic rings. The van der Waals surface area contributed by atoms with Gasteiger partial charge in [-0.3, -0.25) is 4.79 Å². The van der Waals surface area contributed by atoms with Crippen LogP contribution < -0.4 is 20.1 Å². The highest BCUT2D eigenvalue weighted by Gasteiger charge is 2.21. The summed E-state index contributed by atoms with van der Waals surface area (Å²) in [5.74, 6) is 1.17. The van der Waals surface area contributed by atoms with Crippen molar-refractivity contribution in [2.75, 3.05) is 19.5 Å². The van der Waals surface area contributed by atoms with E-state index < -0.39 is 0 Å². The average molecular weight is 406 g/mol. The lowest BCUT2D eigenvalue weighted by molar-refractivity contribution is -0.709. The van der Waals surface area contributed by atoms with Crippen molar-refractivity contribution in [3.63, 3.8) is 0 Å². The number of carbonyl (C=O) groups is 1. The molecule has 30 heavy (non-hydrogen) atoms. The lowest BCUT2D eigenvalue weighted by Gasteiger charge is -2.18. The van der Waals surface area contributed by atoms with Crippen LogP contribution in [0.4, 0.5) is 5.69 Å². The number of amides is 1. The van der Waals surface area contributed by atoms with E-state index in [2.05, 4.69) is 54.0 Å². The quantitative estimate of drug-likeness (QED) is 0.595. The van der Waals surface area contributed by atoms with Crippen LogP contribution in [-0.2, 0) is 4.79 Å². The third-order valence-corrected chi connectivity index (χ3v) is 5.20. The molecule has 0 saturated heterocycles. The zero-order valence-corrected chi connectivity index (χ0v) is 17.9. The van der Waals surface area contributed by atoms with Crippen LogP contribution in [0.2, 0.25) is 0 Å². The summed E-state index contributed by atoms with van der Waals surface area (Å²) in [6.45, 7) is 4.00. The lowest BCUT2D eigenvalue weighted by Crippen LogP contribution is -2.91. The Balaban J connectivity index is 1.64. The summed E-state index contributed by atoms with van der Waals surface area (Å²) >= 11 is 0. The standard InChI is InChI=1S/C25H28N2O3/c1-17(19-10-12-21(13-11-19)20-8-6-5-7-9-20)26-18(2)25(28)27-23-16-22(29-3)14-15-24(23)30-4/h5-18,26H,1-4H3,(H,27,28)/p+1/t17-,18+/m0/s1. The SMILES string of the molecule is COc1ccc(OC)c(NC(=O)[C@@H](C)[NH2+][C@@H](C)c2ccc(-c3ccccc3)cc2)c1. The van der Waals surface area contributed by atoms with Gasteiger partial charge in [-0.2, -0.15) is 0 Å². The monoisotopic (exact) mass is 405 g/mol. The van der Waals surface area contributed by atoms with E-state index in [1.54, 1.807) is 32.4 Å². The van der Waals surface area contributed by atoms with Gasteiger partial charge in [0.15, 0.2) is 6.04 Å². The van der Waals surface area contributed by atoms with Gasteiger partial charge in [-0.1, -0.05) is 54.6 Å². The summed E-state index contributed by atoms with van der Waals surface area (Å²) in [4.78, 5) is 12.7. The Morgan fingerprint density at radius 3 is 2.17 bits per heavy atom. The maximum atomic E-state index is 12.7. The van der Waals surface area contributed by atoms with Gasteiger partial charge in [0, 0.05) is 11.6 Å². The van der Waals surface area contributed by atoms with E-state index in [1.165, 1.54) is 16.7 Å². The normalized spacial score (nSPS) is 12.7. The van der Waals surface area contributed by atoms with E-state index in [1.807, 2.05) is 25.1 Å². The van der Waals surface area contributed by atoms with Crippen LogP contribution >= 0.6 is 0 Å². The second-order valence-electron chi connectivity index (χ2n) is 7.31. The molecular formula is C25H29N2O3+. The first-order chi connectivity index (χ1) is 14.5. The molecule has 0 spiro atoms. The predicted octanol–water partition coefficient (Wildman–Crippen LogP) is 4.02. The number of ether oxygens (including phenoxy) is 2. The van der Waals surface area contributed by atoms with Gasteiger partial charge >= 0.3 is 0 Å². The molecular weight excluding hydrogens is 376 g/mol. The van der Waals surface area contributed by atoms with Crippen LogP contribution in [0.15, 0.2) is 72.8 Å². The number of nitrogens with one attached hydrogen (secondary N) is 1. The minimum atomic E-state index is -0.273. The zero-order chi connectivity index (χ0) is 21.5. The van der Waals surface area contributed by atoms with Gasteiger partial charge in [0.1, 0.15) is 17.5 Å². The molecule has 0 aromatic heterocycles. The Morgan fingerprint density at radius 1 is 0.867 bits per heavy atom. The lowest BCUT2D eigenvalue weighted by atomic mass is 10.0. The molecule has 0 aliphatic carbocycles. The maximum Gasteiger partial charge on any atom is 0.282 e. The number of benzene rings is 3. The summed E-state index contributed by atoms with van der Waals surface area (Å²) in [6.07, 6.45) is 0. The number of hydrogen-bond donors (Lipinski definition) is 2. The summed E-state index contributed by atoms with van der Waals surface area (Å²) < 4.78 is 10.6. The van der Waals surface area contributed by atoms with E-state index in [4.69, 9.17) is 9.47 Å². The third-order valence-electron chi connectivity index (χ3n) is 5.20. The molecule has 1 amide bonds. The van der Waals surface area contributed by atoms with E-state index in [-0.39, 0.29) is 18.0 Å². The topological polar surface area (TPSA) is 64.2 Å². The number of rotatable bonds is 8. The second-order valence-corrected chi connectivity index (χ2v) is 7.31. The number of hydrogen-bond acceptors (Lipinski definition) is 3. The fraction of sp³-hybridized carbons (Fsp3) is 0.240. The summed E-state index contributed by atoms with van der Waals surface area (Å²) in [7, 11) is 3.17. The van der Waals surface area contributed by atoms with Crippen molar-refractivity contribution < 1.29 is 19.6 Å². The van der Waals surface area contributed by atoms with Crippen molar-refractivity contribution in [3.05, 3.63) is 78.4 Å². The molecule has 2 atom stereocenters. The Labute approximate surface area is 178 Å². The van der Waals surface area contributed by atoms with E-state index in [9.17, 15) is 4.79 Å². The Kier molecular flexibility index (Phi) is 7.09. The number of carbonyl (C=O) groups excluding carboxylic acids is 1. The molecule has 0 radical (unpaired) electrons. The van der Waals surface area contributed by atoms with Gasteiger partial charge in [0.25, 0.3) is 5.91 Å². The molecule has 3 aromatic rings. The maximum absolute atomic E-state index is 12.7. The number of nitrogens with two attached hydrogens (primary N) is 1. The van der Waals surface area contributed by atoms with Crippen LogP contribution in [0.3, 0.4) is 0 Å². The summed E-state index contributed by atoms with van der Waals surface area (Å²) in [5, 5.41) is 5.00. The molecule has 0 saturated carbocycles. The molecule has 5 nitrogen and oxygen atoms in total. The van der Waals surface area contributed by atoms with Crippen LogP contribution in [0.1, 0.15) is 25.5 Å². The molecule has 156 valence electrons. The predicted molar refractivity (Wildman–Crippen MR) is 120 cm³/mol. The molecule has 0 aliphatic heterocycles. The smallest absolute Gasteiger partial charge is 0.282 e. The highest BCUT2D eigenvalue weighted by Crippen LogP contribution is 2.29. The van der Waals surface area contributed by atoms with E-state index >= 15 is 0 Å². The van der Waals surface area contributed by atoms with Crippen LogP contribution in [0.25, 0.3) is 11.1 Å². The number of anilines is 1. The minimum absolute atomic E-state index is 0.0886. The number of quaternary nitrogens is 1. The highest BCUT2D eigenvalue weighted by atomic mass is 16.5. The fourth-order valence-corrected chi connectivity index (χ4v) is 3.40. The molecule has 3 N–H and O–H groups in total. The molecule has 5 heteroatoms. The van der Waals surface area contributed by atoms with Crippen molar-refractivity contribution in [2.24, 2.45) is 0 Å². The molecule has 0 bridgehead atoms. The van der Waals surface area contributed by atoms with E-state index in [0.29, 0.717) is 17.2 Å². The molecule has 3 rings (SSSR count). The first-order valence-electron chi connectivity index (χ1n) is 10.0. The first kappa shape index (κ1) is 21.4. The Bertz CT molecular complexity index is 971. The van der Waals surface area contributed by atoms with Crippen LogP contribution in [0.5, 0.6) is 11.5 Å². The van der Waals surface area contributed by atoms with Gasteiger partial charge in [0.05, 0.1) is 19.9 Å². The largest absolute Gasteiger partial charge is 0.497 e. The summed E-state index contributed by atoms with van der Waals surface area (Å²) in [5.41, 5.74) is 4.15. The Morgan fingerprint density at radius 2 is 1.53 bits per heavy atom. The van der Waals surface area contributed by atoms with Gasteiger partial charge in [-0.25, -0.2) is 0 Å². The molecule has 0 heterocycles. The zero-order valence-electron chi connectivity index (χ0n) is 17.9. The second kappa shape index (κ2) is 9.94. The molecule has 0 fully saturated rings. The molecule has 3 aromatic carbocycles. The first-order valence-corrected chi connectivity index (χ1v) is 10.0. The van der Waals surface area contributed by atoms with Gasteiger partial charge in [0.2, 0.25) is 0 Å². The van der Waals surface area contributed by atoms with Crippen molar-refractivity contribution in [2.45, 2.75) is 25.9 Å². The van der Waals surface area contributed by atoms with Gasteiger partial charge < -0.3 is 20.1 Å². The number of methoxy groups -OCH3 is 2. The van der Waals surface area contributed by atoms with Crippen LogP contribution in [0, 0.1) is 0 Å². The highest BCUT2D eigenvalue weighted by molar-refractivity contribution is 5.95. The van der Waals surface area contributed by atoms with Crippen molar-refractivity contribution >= 4 is 11.6 Å². The minimum Gasteiger partial charge on any atom is -0.497 e.